The number of rotatable bonds is 4. The van der Waals surface area contributed by atoms with Crippen LogP contribution in [-0.2, 0) is 4.43 Å². The third-order valence-corrected chi connectivity index (χ3v) is 8.82. The second-order valence-corrected chi connectivity index (χ2v) is 11.4. The van der Waals surface area contributed by atoms with Crippen molar-refractivity contribution in [1.82, 2.24) is 10.2 Å². The monoisotopic (exact) mass is 320 g/mol. The lowest BCUT2D eigenvalue weighted by Gasteiger charge is -2.36. The average molecular weight is 321 g/mol. The largest absolute Gasteiger partial charge is 0.416 e. The van der Waals surface area contributed by atoms with Gasteiger partial charge in [-0.3, -0.25) is 4.90 Å². The van der Waals surface area contributed by atoms with Crippen LogP contribution in [0.25, 0.3) is 0 Å². The molecule has 0 radical (unpaired) electrons. The van der Waals surface area contributed by atoms with E-state index in [2.05, 4.69) is 60.0 Å². The summed E-state index contributed by atoms with van der Waals surface area (Å²) in [6.45, 7) is 15.2. The van der Waals surface area contributed by atoms with Crippen LogP contribution < -0.4 is 5.32 Å². The lowest BCUT2D eigenvalue weighted by atomic mass is 10.2. The highest BCUT2D eigenvalue weighted by Gasteiger charge is 2.37. The number of hydrogen-bond donors (Lipinski definition) is 1. The second kappa shape index (κ2) is 5.86. The molecule has 0 aromatic heterocycles. The molecule has 0 spiro atoms. The van der Waals surface area contributed by atoms with Gasteiger partial charge < -0.3 is 9.74 Å². The van der Waals surface area contributed by atoms with E-state index >= 15 is 0 Å². The standard InChI is InChI=1S/C12H25BrN2OSi/c1-12(2,3)17(4,5)16-7-6-15-9-11(8-13)14-10-15/h8,14H,6-7,9-10H2,1-5H3/b11-8-. The van der Waals surface area contributed by atoms with Gasteiger partial charge in [0.05, 0.1) is 6.67 Å². The molecule has 1 fully saturated rings. The molecule has 0 bridgehead atoms. The molecular weight excluding hydrogens is 296 g/mol. The lowest BCUT2D eigenvalue weighted by Crippen LogP contribution is -2.42. The minimum Gasteiger partial charge on any atom is -0.416 e. The molecule has 0 saturated carbocycles. The highest BCUT2D eigenvalue weighted by molar-refractivity contribution is 9.11. The second-order valence-electron chi connectivity index (χ2n) is 6.13. The van der Waals surface area contributed by atoms with Crippen molar-refractivity contribution in [2.24, 2.45) is 0 Å². The maximum absolute atomic E-state index is 6.16. The van der Waals surface area contributed by atoms with Crippen LogP contribution in [0.3, 0.4) is 0 Å². The topological polar surface area (TPSA) is 24.5 Å². The molecule has 1 rings (SSSR count). The Morgan fingerprint density at radius 2 is 2.12 bits per heavy atom. The van der Waals surface area contributed by atoms with Gasteiger partial charge in [-0.25, -0.2) is 0 Å². The summed E-state index contributed by atoms with van der Waals surface area (Å²) in [4.78, 5) is 4.32. The van der Waals surface area contributed by atoms with Crippen LogP contribution in [-0.4, -0.2) is 39.6 Å². The molecule has 5 heteroatoms. The molecule has 1 aliphatic rings. The number of nitrogens with zero attached hydrogens (tertiary/aromatic N) is 1. The molecule has 0 aromatic carbocycles. The normalized spacial score (nSPS) is 20.9. The Bertz CT molecular complexity index is 287. The Morgan fingerprint density at radius 3 is 2.59 bits per heavy atom. The molecule has 1 N–H and O–H groups in total. The van der Waals surface area contributed by atoms with Crippen LogP contribution in [0.5, 0.6) is 0 Å². The van der Waals surface area contributed by atoms with Gasteiger partial charge in [0.15, 0.2) is 8.32 Å². The number of halogens is 1. The molecule has 1 saturated heterocycles. The maximum Gasteiger partial charge on any atom is 0.192 e. The number of hydrogen-bond acceptors (Lipinski definition) is 3. The summed E-state index contributed by atoms with van der Waals surface area (Å²) in [6, 6.07) is 0. The van der Waals surface area contributed by atoms with E-state index in [4.69, 9.17) is 4.43 Å². The van der Waals surface area contributed by atoms with Gasteiger partial charge in [-0.15, -0.1) is 0 Å². The Balaban J connectivity index is 2.29. The Hall–Kier alpha value is 0.157. The van der Waals surface area contributed by atoms with Crippen molar-refractivity contribution in [2.75, 3.05) is 26.4 Å². The molecule has 17 heavy (non-hydrogen) atoms. The van der Waals surface area contributed by atoms with Crippen LogP contribution in [0, 0.1) is 0 Å². The highest BCUT2D eigenvalue weighted by Crippen LogP contribution is 2.36. The van der Waals surface area contributed by atoms with Crippen LogP contribution in [0.1, 0.15) is 20.8 Å². The molecule has 0 unspecified atom stereocenters. The van der Waals surface area contributed by atoms with E-state index in [1.807, 2.05) is 4.99 Å². The fourth-order valence-corrected chi connectivity index (χ4v) is 2.78. The third-order valence-electron chi connectivity index (χ3n) is 3.73. The van der Waals surface area contributed by atoms with Crippen molar-refractivity contribution in [3.05, 3.63) is 10.7 Å². The van der Waals surface area contributed by atoms with Crippen molar-refractivity contribution in [1.29, 1.82) is 0 Å². The first kappa shape index (κ1) is 15.2. The maximum atomic E-state index is 6.16. The first-order chi connectivity index (χ1) is 7.76. The summed E-state index contributed by atoms with van der Waals surface area (Å²) in [5.41, 5.74) is 1.25. The van der Waals surface area contributed by atoms with E-state index in [9.17, 15) is 0 Å². The smallest absolute Gasteiger partial charge is 0.192 e. The van der Waals surface area contributed by atoms with Crippen molar-refractivity contribution in [3.8, 4) is 0 Å². The van der Waals surface area contributed by atoms with Crippen LogP contribution >= 0.6 is 15.9 Å². The molecule has 3 nitrogen and oxygen atoms in total. The molecule has 100 valence electrons. The van der Waals surface area contributed by atoms with E-state index in [0.29, 0.717) is 5.04 Å². The zero-order valence-electron chi connectivity index (χ0n) is 11.6. The van der Waals surface area contributed by atoms with E-state index in [-0.39, 0.29) is 0 Å². The zero-order chi connectivity index (χ0) is 13.1. The minimum atomic E-state index is -1.57. The van der Waals surface area contributed by atoms with Crippen LogP contribution in [0.15, 0.2) is 10.7 Å². The average Bonchev–Trinajstić information content (AvgIpc) is 2.63. The SMILES string of the molecule is CC(C)(C)[Si](C)(C)OCCN1CN/C(=C\Br)C1. The highest BCUT2D eigenvalue weighted by atomic mass is 79.9. The predicted octanol–water partition coefficient (Wildman–Crippen LogP) is 3.11. The Morgan fingerprint density at radius 1 is 1.47 bits per heavy atom. The van der Waals surface area contributed by atoms with Gasteiger partial charge in [-0.05, 0) is 18.1 Å². The lowest BCUT2D eigenvalue weighted by molar-refractivity contribution is 0.222. The quantitative estimate of drug-likeness (QED) is 0.805. The van der Waals surface area contributed by atoms with Gasteiger partial charge in [-0.2, -0.15) is 0 Å². The van der Waals surface area contributed by atoms with E-state index in [1.165, 1.54) is 5.70 Å². The molecule has 0 atom stereocenters. The molecule has 0 aliphatic carbocycles. The van der Waals surface area contributed by atoms with Crippen LogP contribution in [0.2, 0.25) is 18.1 Å². The van der Waals surface area contributed by atoms with Crippen molar-refractivity contribution in [3.63, 3.8) is 0 Å². The molecule has 1 aliphatic heterocycles. The van der Waals surface area contributed by atoms with Crippen molar-refractivity contribution in [2.45, 2.75) is 38.9 Å². The van der Waals surface area contributed by atoms with Gasteiger partial charge in [0.25, 0.3) is 0 Å². The summed E-state index contributed by atoms with van der Waals surface area (Å²) in [6.07, 6.45) is 0. The first-order valence-corrected chi connectivity index (χ1v) is 9.98. The van der Waals surface area contributed by atoms with Crippen molar-refractivity contribution >= 4 is 24.2 Å². The minimum absolute atomic E-state index is 0.303. The molecule has 1 heterocycles. The van der Waals surface area contributed by atoms with E-state index in [0.717, 1.165) is 26.4 Å². The van der Waals surface area contributed by atoms with Crippen molar-refractivity contribution < 1.29 is 4.43 Å². The van der Waals surface area contributed by atoms with Crippen LogP contribution in [0.4, 0.5) is 0 Å². The Labute approximate surface area is 115 Å². The fourth-order valence-electron chi connectivity index (χ4n) is 1.44. The predicted molar refractivity (Wildman–Crippen MR) is 79.7 cm³/mol. The van der Waals surface area contributed by atoms with Gasteiger partial charge >= 0.3 is 0 Å². The van der Waals surface area contributed by atoms with Gasteiger partial charge in [0.2, 0.25) is 0 Å². The summed E-state index contributed by atoms with van der Waals surface area (Å²) in [7, 11) is -1.57. The summed E-state index contributed by atoms with van der Waals surface area (Å²) in [5.74, 6) is 0. The zero-order valence-corrected chi connectivity index (χ0v) is 14.2. The summed E-state index contributed by atoms with van der Waals surface area (Å²) in [5, 5.41) is 3.63. The molecule has 0 amide bonds. The number of nitrogens with one attached hydrogen (secondary N) is 1. The summed E-state index contributed by atoms with van der Waals surface area (Å²) >= 11 is 3.35. The van der Waals surface area contributed by atoms with Gasteiger partial charge in [0.1, 0.15) is 0 Å². The van der Waals surface area contributed by atoms with Gasteiger partial charge in [0, 0.05) is 30.4 Å². The first-order valence-electron chi connectivity index (χ1n) is 6.16. The van der Waals surface area contributed by atoms with E-state index < -0.39 is 8.32 Å². The fraction of sp³-hybridized carbons (Fsp3) is 0.833. The van der Waals surface area contributed by atoms with E-state index in [1.54, 1.807) is 0 Å². The molecular formula is C12H25BrN2OSi. The molecule has 0 aromatic rings. The Kier molecular flexibility index (Phi) is 5.25. The summed E-state index contributed by atoms with van der Waals surface area (Å²) < 4.78 is 6.16. The van der Waals surface area contributed by atoms with Gasteiger partial charge in [-0.1, -0.05) is 36.7 Å². The third kappa shape index (κ3) is 4.39.